The number of nitrogens with zero attached hydrogens (tertiary/aromatic N) is 1. The van der Waals surface area contributed by atoms with E-state index < -0.39 is 24.1 Å². The topological polar surface area (TPSA) is 143 Å². The van der Waals surface area contributed by atoms with Crippen LogP contribution in [-0.4, -0.2) is 59.6 Å². The number of anilines is 1. The Kier molecular flexibility index (Phi) is 6.88. The van der Waals surface area contributed by atoms with E-state index in [-0.39, 0.29) is 37.0 Å². The van der Waals surface area contributed by atoms with Crippen LogP contribution in [0.4, 0.5) is 10.6 Å². The van der Waals surface area contributed by atoms with Gasteiger partial charge in [-0.2, -0.15) is 5.10 Å². The predicted molar refractivity (Wildman–Crippen MR) is 123 cm³/mol. The number of carbonyl (C=O) groups is 3. The zero-order valence-corrected chi connectivity index (χ0v) is 18.4. The number of carbonyl (C=O) groups excluding carboxylic acids is 2. The van der Waals surface area contributed by atoms with Gasteiger partial charge in [0.2, 0.25) is 0 Å². The molecule has 0 saturated heterocycles. The first-order valence-electron chi connectivity index (χ1n) is 10.7. The molecule has 0 fully saturated rings. The van der Waals surface area contributed by atoms with Crippen molar-refractivity contribution in [3.63, 3.8) is 0 Å². The van der Waals surface area contributed by atoms with Crippen LogP contribution < -0.4 is 10.6 Å². The van der Waals surface area contributed by atoms with E-state index in [0.29, 0.717) is 0 Å². The Morgan fingerprint density at radius 3 is 2.35 bits per heavy atom. The molecule has 0 spiro atoms. The number of aromatic amines is 1. The Morgan fingerprint density at radius 1 is 1.09 bits per heavy atom. The van der Waals surface area contributed by atoms with E-state index in [1.54, 1.807) is 0 Å². The molecule has 3 aromatic rings. The average Bonchev–Trinajstić information content (AvgIpc) is 3.42. The number of methoxy groups -OCH3 is 1. The number of aliphatic carboxylic acids is 1. The summed E-state index contributed by atoms with van der Waals surface area (Å²) in [5.41, 5.74) is 4.57. The Bertz CT molecular complexity index is 1160. The third-order valence-electron chi connectivity index (χ3n) is 5.62. The summed E-state index contributed by atoms with van der Waals surface area (Å²) in [6.45, 7) is 0.162. The SMILES string of the molecule is COC(CNC(=O)c1cc(NC(=O)OCC2c3ccccc3-c3ccccc32)n[nH]1)CC(=O)O. The molecule has 1 heterocycles. The minimum Gasteiger partial charge on any atom is -0.481 e. The molecule has 1 aromatic heterocycles. The summed E-state index contributed by atoms with van der Waals surface area (Å²) in [6.07, 6.45) is -1.60. The van der Waals surface area contributed by atoms with Crippen LogP contribution >= 0.6 is 0 Å². The Balaban J connectivity index is 1.32. The normalized spacial score (nSPS) is 13.0. The number of carboxylic acid groups (broad SMARTS) is 1. The van der Waals surface area contributed by atoms with Crippen molar-refractivity contribution < 1.29 is 29.0 Å². The number of amides is 2. The van der Waals surface area contributed by atoms with Crippen LogP contribution in [0.2, 0.25) is 0 Å². The molecular weight excluding hydrogens is 440 g/mol. The molecule has 10 heteroatoms. The van der Waals surface area contributed by atoms with E-state index in [1.807, 2.05) is 36.4 Å². The summed E-state index contributed by atoms with van der Waals surface area (Å²) in [5.74, 6) is -1.49. The first kappa shape index (κ1) is 23.0. The van der Waals surface area contributed by atoms with Crippen molar-refractivity contribution in [2.75, 3.05) is 25.6 Å². The predicted octanol–water partition coefficient (Wildman–Crippen LogP) is 2.99. The van der Waals surface area contributed by atoms with E-state index in [4.69, 9.17) is 14.6 Å². The van der Waals surface area contributed by atoms with Gasteiger partial charge < -0.3 is 19.9 Å². The van der Waals surface area contributed by atoms with Crippen molar-refractivity contribution >= 4 is 23.8 Å². The summed E-state index contributed by atoms with van der Waals surface area (Å²) in [7, 11) is 1.37. The van der Waals surface area contributed by atoms with Crippen LogP contribution in [0.1, 0.15) is 34.0 Å². The summed E-state index contributed by atoms with van der Waals surface area (Å²) < 4.78 is 10.5. The van der Waals surface area contributed by atoms with Gasteiger partial charge >= 0.3 is 12.1 Å². The molecule has 4 rings (SSSR count). The molecule has 0 aliphatic heterocycles. The van der Waals surface area contributed by atoms with Gasteiger partial charge in [0, 0.05) is 25.6 Å². The molecule has 2 amide bonds. The highest BCUT2D eigenvalue weighted by Gasteiger charge is 2.29. The Morgan fingerprint density at radius 2 is 1.74 bits per heavy atom. The minimum atomic E-state index is -1.03. The van der Waals surface area contributed by atoms with Crippen molar-refractivity contribution in [1.82, 2.24) is 15.5 Å². The van der Waals surface area contributed by atoms with E-state index in [2.05, 4.69) is 33.0 Å². The molecule has 0 saturated carbocycles. The molecular formula is C24H24N4O6. The summed E-state index contributed by atoms with van der Waals surface area (Å²) >= 11 is 0. The number of H-pyrrole nitrogens is 1. The first-order valence-corrected chi connectivity index (χ1v) is 10.7. The van der Waals surface area contributed by atoms with Crippen LogP contribution in [0.3, 0.4) is 0 Å². The van der Waals surface area contributed by atoms with Gasteiger partial charge in [-0.15, -0.1) is 0 Å². The molecule has 0 bridgehead atoms. The summed E-state index contributed by atoms with van der Waals surface area (Å²) in [5, 5.41) is 20.3. The zero-order chi connectivity index (χ0) is 24.1. The van der Waals surface area contributed by atoms with Gasteiger partial charge in [0.1, 0.15) is 12.3 Å². The molecule has 1 aliphatic carbocycles. The van der Waals surface area contributed by atoms with Crippen LogP contribution in [0, 0.1) is 0 Å². The van der Waals surface area contributed by atoms with Gasteiger partial charge in [-0.05, 0) is 22.3 Å². The van der Waals surface area contributed by atoms with E-state index in [9.17, 15) is 14.4 Å². The monoisotopic (exact) mass is 464 g/mol. The van der Waals surface area contributed by atoms with Gasteiger partial charge in [-0.25, -0.2) is 4.79 Å². The van der Waals surface area contributed by atoms with Gasteiger partial charge in [0.25, 0.3) is 5.91 Å². The molecule has 176 valence electrons. The third-order valence-corrected chi connectivity index (χ3v) is 5.62. The number of hydrogen-bond acceptors (Lipinski definition) is 6. The third kappa shape index (κ3) is 5.07. The zero-order valence-electron chi connectivity index (χ0n) is 18.4. The van der Waals surface area contributed by atoms with Crippen LogP contribution in [-0.2, 0) is 14.3 Å². The van der Waals surface area contributed by atoms with E-state index in [1.165, 1.54) is 13.2 Å². The van der Waals surface area contributed by atoms with Crippen molar-refractivity contribution in [2.24, 2.45) is 0 Å². The maximum absolute atomic E-state index is 12.4. The highest BCUT2D eigenvalue weighted by atomic mass is 16.5. The molecule has 0 radical (unpaired) electrons. The van der Waals surface area contributed by atoms with Crippen molar-refractivity contribution in [3.05, 3.63) is 71.4 Å². The lowest BCUT2D eigenvalue weighted by Crippen LogP contribution is -2.34. The number of hydrogen-bond donors (Lipinski definition) is 4. The summed E-state index contributed by atoms with van der Waals surface area (Å²) in [4.78, 5) is 35.4. The van der Waals surface area contributed by atoms with Crippen molar-refractivity contribution in [2.45, 2.75) is 18.4 Å². The highest BCUT2D eigenvalue weighted by Crippen LogP contribution is 2.44. The fourth-order valence-electron chi connectivity index (χ4n) is 3.98. The molecule has 1 unspecified atom stereocenters. The molecule has 1 aliphatic rings. The van der Waals surface area contributed by atoms with Crippen LogP contribution in [0.15, 0.2) is 54.6 Å². The molecule has 34 heavy (non-hydrogen) atoms. The second-order valence-electron chi connectivity index (χ2n) is 7.78. The Labute approximate surface area is 195 Å². The number of carboxylic acids is 1. The fourth-order valence-corrected chi connectivity index (χ4v) is 3.98. The maximum atomic E-state index is 12.4. The van der Waals surface area contributed by atoms with Crippen LogP contribution in [0.25, 0.3) is 11.1 Å². The lowest BCUT2D eigenvalue weighted by Gasteiger charge is -2.14. The van der Waals surface area contributed by atoms with Gasteiger partial charge in [0.15, 0.2) is 5.82 Å². The van der Waals surface area contributed by atoms with Gasteiger partial charge in [-0.1, -0.05) is 48.5 Å². The van der Waals surface area contributed by atoms with Gasteiger partial charge in [0.05, 0.1) is 12.5 Å². The molecule has 10 nitrogen and oxygen atoms in total. The second-order valence-corrected chi connectivity index (χ2v) is 7.78. The van der Waals surface area contributed by atoms with Crippen molar-refractivity contribution in [1.29, 1.82) is 0 Å². The van der Waals surface area contributed by atoms with E-state index in [0.717, 1.165) is 22.3 Å². The number of nitrogens with one attached hydrogen (secondary N) is 3. The lowest BCUT2D eigenvalue weighted by molar-refractivity contribution is -0.139. The molecule has 2 aromatic carbocycles. The molecule has 1 atom stereocenters. The number of benzene rings is 2. The number of rotatable bonds is 9. The maximum Gasteiger partial charge on any atom is 0.412 e. The molecule has 4 N–H and O–H groups in total. The Hall–Kier alpha value is -4.18. The smallest absolute Gasteiger partial charge is 0.412 e. The number of fused-ring (bicyclic) bond motifs is 3. The largest absolute Gasteiger partial charge is 0.481 e. The quantitative estimate of drug-likeness (QED) is 0.381. The lowest BCUT2D eigenvalue weighted by atomic mass is 9.98. The fraction of sp³-hybridized carbons (Fsp3) is 0.250. The minimum absolute atomic E-state index is 0.00972. The standard InChI is InChI=1S/C24H24N4O6/c1-33-14(10-22(29)30)12-25-23(31)20-11-21(28-27-20)26-24(32)34-13-19-17-8-4-2-6-15(17)16-7-3-5-9-18(16)19/h2-9,11,14,19H,10,12-13H2,1H3,(H,25,31)(H,29,30)(H2,26,27,28,32). The number of ether oxygens (including phenoxy) is 2. The second kappa shape index (κ2) is 10.2. The van der Waals surface area contributed by atoms with Crippen molar-refractivity contribution in [3.8, 4) is 11.1 Å². The van der Waals surface area contributed by atoms with E-state index >= 15 is 0 Å². The highest BCUT2D eigenvalue weighted by molar-refractivity contribution is 5.94. The summed E-state index contributed by atoms with van der Waals surface area (Å²) in [6, 6.07) is 17.4. The number of aromatic nitrogens is 2. The average molecular weight is 464 g/mol. The first-order chi connectivity index (χ1) is 16.5. The van der Waals surface area contributed by atoms with Gasteiger partial charge in [-0.3, -0.25) is 20.0 Å². The van der Waals surface area contributed by atoms with Crippen LogP contribution in [0.5, 0.6) is 0 Å².